The van der Waals surface area contributed by atoms with Gasteiger partial charge < -0.3 is 4.74 Å². The van der Waals surface area contributed by atoms with E-state index in [1.807, 2.05) is 36.4 Å². The molecule has 7 nitrogen and oxygen atoms in total. The Hall–Kier alpha value is -3.65. The van der Waals surface area contributed by atoms with Gasteiger partial charge in [0.1, 0.15) is 17.1 Å². The third kappa shape index (κ3) is 3.90. The summed E-state index contributed by atoms with van der Waals surface area (Å²) in [7, 11) is 0.0741. The third-order valence-electron chi connectivity index (χ3n) is 4.58. The maximum Gasteiger partial charge on any atom is 0.148 e. The molecule has 4 aromatic rings. The fraction of sp³-hybridized carbons (Fsp3) is 0.0909. The standard InChI is InChI=1S/C22H19N5O2S/c1-29-16-7-8-17-19(13-16)25-12-11-20(17)30(28)14-22(24)27-21(23)10-9-18(26-27)15-5-3-2-4-6-15/h2-13,23-24H,14H2,1H3. The van der Waals surface area contributed by atoms with E-state index in [9.17, 15) is 4.21 Å². The van der Waals surface area contributed by atoms with Crippen LogP contribution >= 0.6 is 0 Å². The van der Waals surface area contributed by atoms with Crippen molar-refractivity contribution in [1.82, 2.24) is 14.8 Å². The van der Waals surface area contributed by atoms with E-state index in [4.69, 9.17) is 15.6 Å². The number of fused-ring (bicyclic) bond motifs is 1. The van der Waals surface area contributed by atoms with E-state index < -0.39 is 10.8 Å². The van der Waals surface area contributed by atoms with Gasteiger partial charge in [-0.05, 0) is 30.3 Å². The van der Waals surface area contributed by atoms with Gasteiger partial charge in [0.15, 0.2) is 0 Å². The number of pyridine rings is 1. The lowest BCUT2D eigenvalue weighted by atomic mass is 10.1. The molecule has 0 aliphatic rings. The highest BCUT2D eigenvalue weighted by Gasteiger charge is 2.15. The first kappa shape index (κ1) is 19.7. The van der Waals surface area contributed by atoms with Crippen LogP contribution in [0.25, 0.3) is 22.2 Å². The number of nitrogens with one attached hydrogen (secondary N) is 2. The quantitative estimate of drug-likeness (QED) is 0.384. The highest BCUT2D eigenvalue weighted by Crippen LogP contribution is 2.24. The van der Waals surface area contributed by atoms with Gasteiger partial charge in [-0.3, -0.25) is 20.0 Å². The molecule has 2 heterocycles. The monoisotopic (exact) mass is 417 g/mol. The first-order chi connectivity index (χ1) is 14.6. The lowest BCUT2D eigenvalue weighted by molar-refractivity contribution is 0.415. The Morgan fingerprint density at radius 3 is 2.67 bits per heavy atom. The Balaban J connectivity index is 1.64. The number of hydrogen-bond acceptors (Lipinski definition) is 6. The molecule has 0 radical (unpaired) electrons. The molecule has 0 fully saturated rings. The van der Waals surface area contributed by atoms with Gasteiger partial charge in [-0.1, -0.05) is 30.3 Å². The molecule has 1 unspecified atom stereocenters. The van der Waals surface area contributed by atoms with Gasteiger partial charge in [-0.15, -0.1) is 0 Å². The average molecular weight is 417 g/mol. The molecule has 2 N–H and O–H groups in total. The van der Waals surface area contributed by atoms with Crippen molar-refractivity contribution in [2.75, 3.05) is 12.9 Å². The van der Waals surface area contributed by atoms with E-state index in [0.29, 0.717) is 21.9 Å². The summed E-state index contributed by atoms with van der Waals surface area (Å²) >= 11 is 0. The third-order valence-corrected chi connectivity index (χ3v) is 5.97. The largest absolute Gasteiger partial charge is 0.497 e. The summed E-state index contributed by atoms with van der Waals surface area (Å²) in [6.45, 7) is 0. The lowest BCUT2D eigenvalue weighted by Gasteiger charge is -2.11. The maximum absolute atomic E-state index is 13.1. The second-order valence-electron chi connectivity index (χ2n) is 6.51. The van der Waals surface area contributed by atoms with Crippen molar-refractivity contribution >= 4 is 27.5 Å². The van der Waals surface area contributed by atoms with Crippen LogP contribution in [0.15, 0.2) is 77.8 Å². The van der Waals surface area contributed by atoms with Crippen molar-refractivity contribution in [3.63, 3.8) is 0 Å². The van der Waals surface area contributed by atoms with Gasteiger partial charge >= 0.3 is 0 Å². The van der Waals surface area contributed by atoms with Crippen LogP contribution in [0.1, 0.15) is 0 Å². The van der Waals surface area contributed by atoms with E-state index >= 15 is 0 Å². The number of hydrogen-bond donors (Lipinski definition) is 2. The number of rotatable bonds is 5. The first-order valence-electron chi connectivity index (χ1n) is 9.16. The summed E-state index contributed by atoms with van der Waals surface area (Å²) in [4.78, 5) is 4.90. The molecule has 2 aromatic heterocycles. The Morgan fingerprint density at radius 1 is 1.10 bits per heavy atom. The minimum absolute atomic E-state index is 0.0189. The average Bonchev–Trinajstić information content (AvgIpc) is 2.79. The zero-order valence-corrected chi connectivity index (χ0v) is 17.0. The van der Waals surface area contributed by atoms with Gasteiger partial charge in [-0.25, -0.2) is 4.68 Å². The van der Waals surface area contributed by atoms with Crippen LogP contribution in [0.3, 0.4) is 0 Å². The molecule has 0 spiro atoms. The summed E-state index contributed by atoms with van der Waals surface area (Å²) < 4.78 is 19.5. The smallest absolute Gasteiger partial charge is 0.148 e. The van der Waals surface area contributed by atoms with Crippen LogP contribution in [-0.2, 0) is 10.8 Å². The molecular formula is C22H19N5O2S. The lowest BCUT2D eigenvalue weighted by Crippen LogP contribution is -2.32. The zero-order chi connectivity index (χ0) is 21.1. The predicted octanol–water partition coefficient (Wildman–Crippen LogP) is 3.22. The molecule has 30 heavy (non-hydrogen) atoms. The number of ether oxygens (including phenoxy) is 1. The van der Waals surface area contributed by atoms with Gasteiger partial charge in [-0.2, -0.15) is 5.10 Å². The van der Waals surface area contributed by atoms with Crippen LogP contribution < -0.4 is 10.2 Å². The minimum Gasteiger partial charge on any atom is -0.497 e. The molecule has 0 aliphatic heterocycles. The minimum atomic E-state index is -1.51. The van der Waals surface area contributed by atoms with E-state index in [-0.39, 0.29) is 17.1 Å². The maximum atomic E-state index is 13.1. The van der Waals surface area contributed by atoms with Crippen molar-refractivity contribution < 1.29 is 8.95 Å². The second-order valence-corrected chi connectivity index (χ2v) is 7.93. The van der Waals surface area contributed by atoms with Crippen LogP contribution in [-0.4, -0.2) is 37.7 Å². The molecule has 0 amide bonds. The molecule has 0 saturated heterocycles. The van der Waals surface area contributed by atoms with Crippen molar-refractivity contribution in [1.29, 1.82) is 10.8 Å². The molecule has 0 bridgehead atoms. The van der Waals surface area contributed by atoms with E-state index in [1.54, 1.807) is 43.6 Å². The number of methoxy groups -OCH3 is 1. The Morgan fingerprint density at radius 2 is 1.90 bits per heavy atom. The van der Waals surface area contributed by atoms with E-state index in [1.165, 1.54) is 4.68 Å². The highest BCUT2D eigenvalue weighted by molar-refractivity contribution is 7.86. The second kappa shape index (κ2) is 8.38. The molecule has 150 valence electrons. The summed E-state index contributed by atoms with van der Waals surface area (Å²) in [6, 6.07) is 19.9. The first-order valence-corrected chi connectivity index (χ1v) is 10.5. The Bertz CT molecular complexity index is 1320. The molecule has 0 aliphatic carbocycles. The summed E-state index contributed by atoms with van der Waals surface area (Å²) in [5.41, 5.74) is 2.25. The molecule has 8 heteroatoms. The van der Waals surface area contributed by atoms with E-state index in [2.05, 4.69) is 10.1 Å². The van der Waals surface area contributed by atoms with Gasteiger partial charge in [0.25, 0.3) is 0 Å². The van der Waals surface area contributed by atoms with Crippen molar-refractivity contribution in [2.45, 2.75) is 4.90 Å². The van der Waals surface area contributed by atoms with Gasteiger partial charge in [0, 0.05) is 23.2 Å². The van der Waals surface area contributed by atoms with E-state index in [0.717, 1.165) is 10.9 Å². The number of benzene rings is 2. The van der Waals surface area contributed by atoms with Gasteiger partial charge in [0.05, 0.1) is 39.8 Å². The zero-order valence-electron chi connectivity index (χ0n) is 16.2. The summed E-state index contributed by atoms with van der Waals surface area (Å²) in [5.74, 6) is 0.573. The van der Waals surface area contributed by atoms with Crippen molar-refractivity contribution in [3.8, 4) is 17.0 Å². The fourth-order valence-corrected chi connectivity index (χ4v) is 4.24. The topological polar surface area (TPSA) is 105 Å². The molecule has 4 rings (SSSR count). The Labute approximate surface area is 175 Å². The molecule has 0 saturated carbocycles. The summed E-state index contributed by atoms with van der Waals surface area (Å²) in [5, 5.41) is 21.7. The fourth-order valence-electron chi connectivity index (χ4n) is 3.08. The molecule has 1 atom stereocenters. The number of nitrogens with zero attached hydrogens (tertiary/aromatic N) is 3. The van der Waals surface area contributed by atoms with Crippen LogP contribution in [0.4, 0.5) is 0 Å². The van der Waals surface area contributed by atoms with Crippen LogP contribution in [0, 0.1) is 10.8 Å². The van der Waals surface area contributed by atoms with Crippen molar-refractivity contribution in [2.24, 2.45) is 0 Å². The molecular weight excluding hydrogens is 398 g/mol. The SMILES string of the molecule is COc1ccc2c(S(=O)CC(=N)n3nc(-c4ccccc4)ccc3=N)ccnc2c1. The normalized spacial score (nSPS) is 11.9. The van der Waals surface area contributed by atoms with Crippen molar-refractivity contribution in [3.05, 3.63) is 78.4 Å². The highest BCUT2D eigenvalue weighted by atomic mass is 32.2. The molecule has 2 aromatic carbocycles. The van der Waals surface area contributed by atoms with Crippen LogP contribution in [0.5, 0.6) is 5.75 Å². The number of aromatic nitrogens is 3. The summed E-state index contributed by atoms with van der Waals surface area (Å²) in [6.07, 6.45) is 1.59. The van der Waals surface area contributed by atoms with Gasteiger partial charge in [0.2, 0.25) is 0 Å². The van der Waals surface area contributed by atoms with Crippen LogP contribution in [0.2, 0.25) is 0 Å². The Kier molecular flexibility index (Phi) is 5.49. The predicted molar refractivity (Wildman–Crippen MR) is 116 cm³/mol.